The van der Waals surface area contributed by atoms with Crippen LogP contribution in [-0.4, -0.2) is 5.71 Å². The minimum Gasteiger partial charge on any atom is -0.456 e. The second-order valence-corrected chi connectivity index (χ2v) is 9.28. The van der Waals surface area contributed by atoms with E-state index in [-0.39, 0.29) is 6.17 Å². The molecule has 1 aliphatic rings. The van der Waals surface area contributed by atoms with E-state index in [0.29, 0.717) is 0 Å². The molecule has 1 atom stereocenters. The minimum absolute atomic E-state index is 0.147. The van der Waals surface area contributed by atoms with Crippen LogP contribution in [0.25, 0.3) is 38.8 Å². The molecule has 176 valence electrons. The van der Waals surface area contributed by atoms with Gasteiger partial charge in [0.15, 0.2) is 0 Å². The van der Waals surface area contributed by atoms with Gasteiger partial charge in [-0.3, -0.25) is 4.99 Å². The molecular formula is C34H24N2O. The van der Waals surface area contributed by atoms with E-state index in [4.69, 9.17) is 9.41 Å². The molecule has 1 unspecified atom stereocenters. The number of allylic oxidation sites excluding steroid dienone is 1. The van der Waals surface area contributed by atoms with Crippen molar-refractivity contribution in [3.05, 3.63) is 150 Å². The van der Waals surface area contributed by atoms with Crippen LogP contribution in [0.1, 0.15) is 22.9 Å². The molecular weight excluding hydrogens is 452 g/mol. The van der Waals surface area contributed by atoms with Crippen LogP contribution in [0.2, 0.25) is 0 Å². The molecule has 7 rings (SSSR count). The van der Waals surface area contributed by atoms with Gasteiger partial charge in [0.05, 0.1) is 5.71 Å². The molecule has 0 saturated heterocycles. The van der Waals surface area contributed by atoms with Gasteiger partial charge in [0.25, 0.3) is 0 Å². The fourth-order valence-corrected chi connectivity index (χ4v) is 5.01. The Kier molecular flexibility index (Phi) is 5.18. The molecule has 1 aromatic heterocycles. The number of benzene rings is 5. The summed E-state index contributed by atoms with van der Waals surface area (Å²) in [4.78, 5) is 5.03. The predicted octanol–water partition coefficient (Wildman–Crippen LogP) is 8.39. The van der Waals surface area contributed by atoms with E-state index in [9.17, 15) is 0 Å². The maximum atomic E-state index is 6.11. The molecule has 37 heavy (non-hydrogen) atoms. The molecule has 3 heteroatoms. The smallest absolute Gasteiger partial charge is 0.145 e. The molecule has 3 nitrogen and oxygen atoms in total. The van der Waals surface area contributed by atoms with Gasteiger partial charge in [0.2, 0.25) is 0 Å². The lowest BCUT2D eigenvalue weighted by Gasteiger charge is -2.25. The van der Waals surface area contributed by atoms with Gasteiger partial charge in [-0.1, -0.05) is 109 Å². The first kappa shape index (κ1) is 21.4. The van der Waals surface area contributed by atoms with Crippen molar-refractivity contribution in [2.24, 2.45) is 4.99 Å². The molecule has 1 aliphatic heterocycles. The van der Waals surface area contributed by atoms with Gasteiger partial charge in [-0.25, -0.2) is 0 Å². The standard InChI is InChI=1S/C34H24N2O/c1-3-9-24(10-4-1)30-22-31(36-34(35-30)26-11-5-2-6-12-26)25-17-15-23(16-18-25)27-19-20-29-28-13-7-8-14-32(28)37-33(29)21-27/h1-22,34,36H. The van der Waals surface area contributed by atoms with Crippen LogP contribution in [0, 0.1) is 0 Å². The summed E-state index contributed by atoms with van der Waals surface area (Å²) >= 11 is 0. The number of hydrogen-bond acceptors (Lipinski definition) is 3. The van der Waals surface area contributed by atoms with Crippen LogP contribution < -0.4 is 5.32 Å². The third-order valence-corrected chi connectivity index (χ3v) is 6.93. The Hall–Kier alpha value is -4.89. The SMILES string of the molecule is C1=C(c2ccc(-c3ccc4c(c3)oc3ccccc34)cc2)NC(c2ccccc2)N=C1c1ccccc1. The van der Waals surface area contributed by atoms with Crippen molar-refractivity contribution in [3.63, 3.8) is 0 Å². The number of para-hydroxylation sites is 1. The quantitative estimate of drug-likeness (QED) is 0.277. The highest BCUT2D eigenvalue weighted by molar-refractivity contribution is 6.13. The molecule has 0 amide bonds. The summed E-state index contributed by atoms with van der Waals surface area (Å²) in [5.74, 6) is 0. The van der Waals surface area contributed by atoms with E-state index in [1.165, 1.54) is 0 Å². The zero-order valence-electron chi connectivity index (χ0n) is 20.1. The summed E-state index contributed by atoms with van der Waals surface area (Å²) in [6.07, 6.45) is 2.00. The van der Waals surface area contributed by atoms with Crippen molar-refractivity contribution in [3.8, 4) is 11.1 Å². The second kappa shape index (κ2) is 8.96. The Morgan fingerprint density at radius 3 is 2.00 bits per heavy atom. The number of fused-ring (bicyclic) bond motifs is 3. The van der Waals surface area contributed by atoms with Crippen molar-refractivity contribution < 1.29 is 4.42 Å². The lowest BCUT2D eigenvalue weighted by atomic mass is 9.99. The number of rotatable bonds is 4. The maximum absolute atomic E-state index is 6.11. The molecule has 6 aromatic rings. The molecule has 0 bridgehead atoms. The third-order valence-electron chi connectivity index (χ3n) is 6.93. The van der Waals surface area contributed by atoms with Gasteiger partial charge >= 0.3 is 0 Å². The monoisotopic (exact) mass is 476 g/mol. The Morgan fingerprint density at radius 2 is 1.19 bits per heavy atom. The summed E-state index contributed by atoms with van der Waals surface area (Å²) in [6, 6.07) is 44.1. The minimum atomic E-state index is -0.147. The number of hydrogen-bond donors (Lipinski definition) is 1. The van der Waals surface area contributed by atoms with Crippen LogP contribution in [-0.2, 0) is 0 Å². The molecule has 2 heterocycles. The summed E-state index contributed by atoms with van der Waals surface area (Å²) < 4.78 is 6.11. The zero-order chi connectivity index (χ0) is 24.6. The fraction of sp³-hybridized carbons (Fsp3) is 0.0294. The molecule has 1 N–H and O–H groups in total. The van der Waals surface area contributed by atoms with Crippen LogP contribution in [0.5, 0.6) is 0 Å². The Bertz CT molecular complexity index is 1780. The number of nitrogens with zero attached hydrogens (tertiary/aromatic N) is 1. The van der Waals surface area contributed by atoms with E-state index < -0.39 is 0 Å². The van der Waals surface area contributed by atoms with Crippen LogP contribution in [0.3, 0.4) is 0 Å². The second-order valence-electron chi connectivity index (χ2n) is 9.28. The van der Waals surface area contributed by atoms with Crippen LogP contribution in [0.15, 0.2) is 143 Å². The van der Waals surface area contributed by atoms with Gasteiger partial charge in [-0.05, 0) is 52.1 Å². The Balaban J connectivity index is 1.24. The molecule has 0 spiro atoms. The highest BCUT2D eigenvalue weighted by atomic mass is 16.3. The van der Waals surface area contributed by atoms with Crippen molar-refractivity contribution in [2.45, 2.75) is 6.17 Å². The zero-order valence-corrected chi connectivity index (χ0v) is 20.1. The lowest BCUT2D eigenvalue weighted by Crippen LogP contribution is -2.24. The fourth-order valence-electron chi connectivity index (χ4n) is 5.01. The maximum Gasteiger partial charge on any atom is 0.145 e. The van der Waals surface area contributed by atoms with E-state index in [1.807, 2.05) is 30.3 Å². The summed E-state index contributed by atoms with van der Waals surface area (Å²) in [5, 5.41) is 5.94. The van der Waals surface area contributed by atoms with Crippen molar-refractivity contribution in [1.82, 2.24) is 5.32 Å². The molecule has 0 aliphatic carbocycles. The Labute approximate surface area is 215 Å². The van der Waals surface area contributed by atoms with Gasteiger partial charge in [-0.2, -0.15) is 0 Å². The van der Waals surface area contributed by atoms with E-state index >= 15 is 0 Å². The first-order valence-electron chi connectivity index (χ1n) is 12.5. The summed E-state index contributed by atoms with van der Waals surface area (Å²) in [7, 11) is 0. The first-order chi connectivity index (χ1) is 18.3. The van der Waals surface area contributed by atoms with Crippen molar-refractivity contribution in [2.75, 3.05) is 0 Å². The Morgan fingerprint density at radius 1 is 0.541 bits per heavy atom. The van der Waals surface area contributed by atoms with Gasteiger partial charge < -0.3 is 9.73 Å². The average molecular weight is 477 g/mol. The van der Waals surface area contributed by atoms with E-state index in [2.05, 4.69) is 108 Å². The van der Waals surface area contributed by atoms with Crippen LogP contribution in [0.4, 0.5) is 0 Å². The summed E-state index contributed by atoms with van der Waals surface area (Å²) in [5.41, 5.74) is 9.52. The normalized spacial score (nSPS) is 15.3. The molecule has 0 radical (unpaired) electrons. The van der Waals surface area contributed by atoms with Crippen molar-refractivity contribution in [1.29, 1.82) is 0 Å². The summed E-state index contributed by atoms with van der Waals surface area (Å²) in [6.45, 7) is 0. The lowest BCUT2D eigenvalue weighted by molar-refractivity contribution is 0.664. The van der Waals surface area contributed by atoms with E-state index in [1.54, 1.807) is 0 Å². The molecule has 5 aromatic carbocycles. The average Bonchev–Trinajstić information content (AvgIpc) is 3.36. The number of aliphatic imine (C=N–C) groups is 1. The van der Waals surface area contributed by atoms with Crippen LogP contribution >= 0.6 is 0 Å². The van der Waals surface area contributed by atoms with Gasteiger partial charge in [0, 0.05) is 16.5 Å². The topological polar surface area (TPSA) is 37.5 Å². The predicted molar refractivity (Wildman–Crippen MR) is 152 cm³/mol. The van der Waals surface area contributed by atoms with E-state index in [0.717, 1.165) is 61.2 Å². The number of furan rings is 1. The highest BCUT2D eigenvalue weighted by Gasteiger charge is 2.19. The highest BCUT2D eigenvalue weighted by Crippen LogP contribution is 2.33. The third kappa shape index (κ3) is 4.01. The molecule has 0 saturated carbocycles. The van der Waals surface area contributed by atoms with Crippen molar-refractivity contribution >= 4 is 33.3 Å². The largest absolute Gasteiger partial charge is 0.456 e. The van der Waals surface area contributed by atoms with Gasteiger partial charge in [0.1, 0.15) is 17.3 Å². The van der Waals surface area contributed by atoms with Gasteiger partial charge in [-0.15, -0.1) is 0 Å². The number of nitrogens with one attached hydrogen (secondary N) is 1. The molecule has 0 fully saturated rings. The first-order valence-corrected chi connectivity index (χ1v) is 12.5.